The molecule has 3 nitrogen and oxygen atoms in total. The molecule has 1 aromatic carbocycles. The predicted molar refractivity (Wildman–Crippen MR) is 74.7 cm³/mol. The number of rotatable bonds is 7. The zero-order valence-electron chi connectivity index (χ0n) is 9.38. The molecule has 1 rings (SSSR count). The van der Waals surface area contributed by atoms with Gasteiger partial charge in [0, 0.05) is 11.0 Å². The number of nitrogens with two attached hydrogens (primary N) is 1. The Balaban J connectivity index is 2.45. The van der Waals surface area contributed by atoms with Crippen LogP contribution in [0.3, 0.4) is 0 Å². The first-order chi connectivity index (χ1) is 7.77. The molecule has 4 heteroatoms. The highest BCUT2D eigenvalue weighted by atomic mass is 79.9. The number of hydrogen-bond acceptors (Lipinski definition) is 3. The van der Waals surface area contributed by atoms with Crippen LogP contribution in [0.15, 0.2) is 27.7 Å². The minimum atomic E-state index is 0.774. The number of halogens is 1. The van der Waals surface area contributed by atoms with Crippen molar-refractivity contribution in [3.05, 3.63) is 22.7 Å². The van der Waals surface area contributed by atoms with Crippen LogP contribution >= 0.6 is 15.9 Å². The van der Waals surface area contributed by atoms with E-state index in [1.165, 1.54) is 0 Å². The fraction of sp³-hybridized carbons (Fsp3) is 0.417. The summed E-state index contributed by atoms with van der Waals surface area (Å²) in [6.45, 7) is 5.27. The van der Waals surface area contributed by atoms with Gasteiger partial charge < -0.3 is 11.1 Å². The van der Waals surface area contributed by atoms with Crippen molar-refractivity contribution in [2.45, 2.75) is 19.3 Å². The lowest BCUT2D eigenvalue weighted by atomic mass is 10.2. The fourth-order valence-corrected chi connectivity index (χ4v) is 1.82. The van der Waals surface area contributed by atoms with Gasteiger partial charge in [0.1, 0.15) is 0 Å². The van der Waals surface area contributed by atoms with E-state index in [4.69, 9.17) is 5.73 Å². The summed E-state index contributed by atoms with van der Waals surface area (Å²) in [4.78, 5) is 3.97. The van der Waals surface area contributed by atoms with Gasteiger partial charge in [0.25, 0.3) is 0 Å². The lowest BCUT2D eigenvalue weighted by Gasteiger charge is -2.09. The molecule has 0 heterocycles. The highest BCUT2D eigenvalue weighted by Gasteiger charge is 2.00. The first-order valence-electron chi connectivity index (χ1n) is 5.48. The number of anilines is 1. The van der Waals surface area contributed by atoms with E-state index in [0.29, 0.717) is 0 Å². The van der Waals surface area contributed by atoms with Crippen LogP contribution in [0.1, 0.15) is 19.3 Å². The van der Waals surface area contributed by atoms with Crippen molar-refractivity contribution in [2.24, 2.45) is 10.7 Å². The standard InChI is InChI=1S/C12H18BrN3/c1-15-11-6-5-10(13)9-12(11)16-8-4-2-3-7-14/h5-6,9,16H,1-4,7-8,14H2. The summed E-state index contributed by atoms with van der Waals surface area (Å²) in [5, 5.41) is 3.36. The maximum absolute atomic E-state index is 5.44. The normalized spacial score (nSPS) is 10.1. The summed E-state index contributed by atoms with van der Waals surface area (Å²) in [5.74, 6) is 0. The predicted octanol–water partition coefficient (Wildman–Crippen LogP) is 3.32. The van der Waals surface area contributed by atoms with Crippen LogP contribution in [0.25, 0.3) is 0 Å². The molecule has 0 radical (unpaired) electrons. The van der Waals surface area contributed by atoms with E-state index in [1.807, 2.05) is 18.2 Å². The Morgan fingerprint density at radius 1 is 1.31 bits per heavy atom. The highest BCUT2D eigenvalue weighted by molar-refractivity contribution is 9.10. The number of aliphatic imine (C=N–C) groups is 1. The molecule has 0 amide bonds. The van der Waals surface area contributed by atoms with Crippen molar-refractivity contribution in [1.29, 1.82) is 0 Å². The van der Waals surface area contributed by atoms with E-state index in [-0.39, 0.29) is 0 Å². The molecule has 16 heavy (non-hydrogen) atoms. The molecule has 0 fully saturated rings. The second kappa shape index (κ2) is 7.41. The Hall–Kier alpha value is -0.870. The van der Waals surface area contributed by atoms with E-state index >= 15 is 0 Å². The monoisotopic (exact) mass is 283 g/mol. The largest absolute Gasteiger partial charge is 0.383 e. The number of nitrogens with zero attached hydrogens (tertiary/aromatic N) is 1. The molecule has 0 saturated carbocycles. The Labute approximate surface area is 105 Å². The Kier molecular flexibility index (Phi) is 6.11. The topological polar surface area (TPSA) is 50.4 Å². The molecule has 0 saturated heterocycles. The molecule has 0 bridgehead atoms. The highest BCUT2D eigenvalue weighted by Crippen LogP contribution is 2.27. The van der Waals surface area contributed by atoms with Crippen LogP contribution in [0.4, 0.5) is 11.4 Å². The summed E-state index contributed by atoms with van der Waals surface area (Å²) >= 11 is 3.44. The van der Waals surface area contributed by atoms with Gasteiger partial charge in [-0.2, -0.15) is 0 Å². The fourth-order valence-electron chi connectivity index (χ4n) is 1.46. The number of hydrogen-bond donors (Lipinski definition) is 2. The molecule has 0 aliphatic carbocycles. The number of benzene rings is 1. The van der Waals surface area contributed by atoms with Gasteiger partial charge in [-0.05, 0) is 44.3 Å². The first-order valence-corrected chi connectivity index (χ1v) is 6.27. The second-order valence-electron chi connectivity index (χ2n) is 3.60. The zero-order chi connectivity index (χ0) is 11.8. The molecule has 0 atom stereocenters. The summed E-state index contributed by atoms with van der Waals surface area (Å²) in [6.07, 6.45) is 3.38. The van der Waals surface area contributed by atoms with Gasteiger partial charge in [-0.15, -0.1) is 0 Å². The maximum Gasteiger partial charge on any atom is 0.0854 e. The molecule has 88 valence electrons. The molecule has 0 spiro atoms. The van der Waals surface area contributed by atoms with Gasteiger partial charge in [-0.1, -0.05) is 22.4 Å². The molecule has 3 N–H and O–H groups in total. The van der Waals surface area contributed by atoms with Crippen LogP contribution in [0, 0.1) is 0 Å². The molecule has 1 aromatic rings. The summed E-state index contributed by atoms with van der Waals surface area (Å²) in [5.41, 5.74) is 7.35. The van der Waals surface area contributed by atoms with Crippen LogP contribution in [-0.4, -0.2) is 19.8 Å². The van der Waals surface area contributed by atoms with Crippen molar-refractivity contribution in [1.82, 2.24) is 0 Å². The van der Waals surface area contributed by atoms with E-state index < -0.39 is 0 Å². The second-order valence-corrected chi connectivity index (χ2v) is 4.51. The molecule has 0 aliphatic heterocycles. The summed E-state index contributed by atoms with van der Waals surface area (Å²) < 4.78 is 1.05. The van der Waals surface area contributed by atoms with Gasteiger partial charge in [0.2, 0.25) is 0 Å². The van der Waals surface area contributed by atoms with E-state index in [2.05, 4.69) is 33.0 Å². The van der Waals surface area contributed by atoms with Crippen molar-refractivity contribution < 1.29 is 0 Å². The Bertz CT molecular complexity index is 339. The lowest BCUT2D eigenvalue weighted by molar-refractivity contribution is 0.707. The van der Waals surface area contributed by atoms with Gasteiger partial charge in [-0.25, -0.2) is 0 Å². The van der Waals surface area contributed by atoms with E-state index in [9.17, 15) is 0 Å². The maximum atomic E-state index is 5.44. The van der Waals surface area contributed by atoms with E-state index in [1.54, 1.807) is 0 Å². The minimum Gasteiger partial charge on any atom is -0.383 e. The summed E-state index contributed by atoms with van der Waals surface area (Å²) in [6, 6.07) is 5.93. The molecule has 0 aromatic heterocycles. The quantitative estimate of drug-likeness (QED) is 0.596. The first kappa shape index (κ1) is 13.2. The van der Waals surface area contributed by atoms with Crippen molar-refractivity contribution in [3.8, 4) is 0 Å². The number of unbranched alkanes of at least 4 members (excludes halogenated alkanes) is 2. The Morgan fingerprint density at radius 2 is 2.12 bits per heavy atom. The average Bonchev–Trinajstić information content (AvgIpc) is 2.29. The van der Waals surface area contributed by atoms with Crippen LogP contribution in [-0.2, 0) is 0 Å². The van der Waals surface area contributed by atoms with E-state index in [0.717, 1.165) is 48.2 Å². The van der Waals surface area contributed by atoms with Gasteiger partial charge in [0.15, 0.2) is 0 Å². The van der Waals surface area contributed by atoms with Crippen LogP contribution in [0.5, 0.6) is 0 Å². The molecule has 0 aliphatic rings. The Morgan fingerprint density at radius 3 is 2.81 bits per heavy atom. The van der Waals surface area contributed by atoms with Crippen molar-refractivity contribution in [3.63, 3.8) is 0 Å². The zero-order valence-corrected chi connectivity index (χ0v) is 11.0. The molecule has 0 unspecified atom stereocenters. The van der Waals surface area contributed by atoms with Crippen molar-refractivity contribution >= 4 is 34.0 Å². The van der Waals surface area contributed by atoms with Crippen molar-refractivity contribution in [2.75, 3.05) is 18.4 Å². The third-order valence-corrected chi connectivity index (χ3v) is 2.82. The van der Waals surface area contributed by atoms with Gasteiger partial charge in [-0.3, -0.25) is 4.99 Å². The average molecular weight is 284 g/mol. The molecular weight excluding hydrogens is 266 g/mol. The number of nitrogens with one attached hydrogen (secondary N) is 1. The smallest absolute Gasteiger partial charge is 0.0854 e. The summed E-state index contributed by atoms with van der Waals surface area (Å²) in [7, 11) is 0. The van der Waals surface area contributed by atoms with Crippen LogP contribution in [0.2, 0.25) is 0 Å². The third-order valence-electron chi connectivity index (χ3n) is 2.33. The SMILES string of the molecule is C=Nc1ccc(Br)cc1NCCCCCN. The third kappa shape index (κ3) is 4.33. The van der Waals surface area contributed by atoms with Gasteiger partial charge >= 0.3 is 0 Å². The molecular formula is C12H18BrN3. The minimum absolute atomic E-state index is 0.774. The van der Waals surface area contributed by atoms with Crippen LogP contribution < -0.4 is 11.1 Å². The van der Waals surface area contributed by atoms with Gasteiger partial charge in [0.05, 0.1) is 11.4 Å². The lowest BCUT2D eigenvalue weighted by Crippen LogP contribution is -2.04.